The average Bonchev–Trinajstić information content (AvgIpc) is 2.80. The van der Waals surface area contributed by atoms with Crippen molar-refractivity contribution in [3.05, 3.63) is 50.6 Å². The number of allylic oxidation sites excluding steroid dienone is 4. The minimum atomic E-state index is -0.636. The molecule has 0 unspecified atom stereocenters. The molecule has 0 spiro atoms. The number of carbonyl (C=O) groups excluding carboxylic acids is 2. The van der Waals surface area contributed by atoms with Gasteiger partial charge >= 0.3 is 0 Å². The number of para-hydroxylation sites is 1. The Hall–Kier alpha value is -1.55. The summed E-state index contributed by atoms with van der Waals surface area (Å²) >= 11 is 17.7. The fourth-order valence-corrected chi connectivity index (χ4v) is 3.12. The second-order valence-electron chi connectivity index (χ2n) is 4.65. The van der Waals surface area contributed by atoms with Crippen LogP contribution in [0.3, 0.4) is 0 Å². The van der Waals surface area contributed by atoms with E-state index in [1.807, 2.05) is 24.3 Å². The minimum absolute atomic E-state index is 0.0889. The van der Waals surface area contributed by atoms with E-state index in [4.69, 9.17) is 34.8 Å². The zero-order chi connectivity index (χ0) is 15.3. The maximum absolute atomic E-state index is 12.4. The zero-order valence-corrected chi connectivity index (χ0v) is 13.0. The van der Waals surface area contributed by atoms with E-state index in [1.54, 1.807) is 6.92 Å². The number of H-pyrrole nitrogens is 1. The second-order valence-corrected chi connectivity index (χ2v) is 5.78. The van der Waals surface area contributed by atoms with Crippen molar-refractivity contribution < 1.29 is 9.59 Å². The maximum atomic E-state index is 12.4. The lowest BCUT2D eigenvalue weighted by Crippen LogP contribution is -2.17. The summed E-state index contributed by atoms with van der Waals surface area (Å²) in [6.45, 7) is 1.80. The van der Waals surface area contributed by atoms with Crippen molar-refractivity contribution in [1.82, 2.24) is 4.98 Å². The summed E-state index contributed by atoms with van der Waals surface area (Å²) in [7, 11) is 0. The molecule has 0 fully saturated rings. The first-order valence-corrected chi connectivity index (χ1v) is 7.19. The standard InChI is InChI=1S/C15H8Cl3NO2/c1-6-9(7-4-2-3-5-8(7)19-6)10-11(16)15(21)13(18)12(17)14(10)20/h2-5,19H,1H3. The van der Waals surface area contributed by atoms with Crippen molar-refractivity contribution >= 4 is 62.8 Å². The van der Waals surface area contributed by atoms with Crippen LogP contribution in [0.5, 0.6) is 0 Å². The molecule has 0 radical (unpaired) electrons. The SMILES string of the molecule is Cc1[nH]c2ccccc2c1C1=C(Cl)C(=O)C(Cl)=C(Cl)C1=O. The van der Waals surface area contributed by atoms with Gasteiger partial charge in [-0.25, -0.2) is 0 Å². The van der Waals surface area contributed by atoms with E-state index in [-0.39, 0.29) is 20.7 Å². The van der Waals surface area contributed by atoms with E-state index in [1.165, 1.54) is 0 Å². The summed E-state index contributed by atoms with van der Waals surface area (Å²) in [5.41, 5.74) is 2.24. The van der Waals surface area contributed by atoms with Gasteiger partial charge in [0.2, 0.25) is 11.6 Å². The van der Waals surface area contributed by atoms with Gasteiger partial charge < -0.3 is 4.98 Å². The number of ketones is 2. The molecule has 1 heterocycles. The third-order valence-electron chi connectivity index (χ3n) is 3.38. The summed E-state index contributed by atoms with van der Waals surface area (Å²) in [4.78, 5) is 27.6. The molecule has 21 heavy (non-hydrogen) atoms. The Labute approximate surface area is 135 Å². The quantitative estimate of drug-likeness (QED) is 0.788. The molecule has 0 saturated heterocycles. The highest BCUT2D eigenvalue weighted by atomic mass is 35.5. The normalized spacial score (nSPS) is 16.4. The molecule has 1 aromatic carbocycles. The molecule has 0 amide bonds. The molecule has 0 bridgehead atoms. The van der Waals surface area contributed by atoms with Crippen LogP contribution >= 0.6 is 34.8 Å². The molecular formula is C15H8Cl3NO2. The summed E-state index contributed by atoms with van der Waals surface area (Å²) in [5, 5.41) is -0.0484. The number of nitrogens with one attached hydrogen (secondary N) is 1. The van der Waals surface area contributed by atoms with Crippen molar-refractivity contribution in [2.75, 3.05) is 0 Å². The zero-order valence-electron chi connectivity index (χ0n) is 10.8. The van der Waals surface area contributed by atoms with Crippen LogP contribution in [0.4, 0.5) is 0 Å². The van der Waals surface area contributed by atoms with Crippen LogP contribution in [-0.2, 0) is 9.59 Å². The van der Waals surface area contributed by atoms with Crippen molar-refractivity contribution in [1.29, 1.82) is 0 Å². The summed E-state index contributed by atoms with van der Waals surface area (Å²) in [5.74, 6) is -1.18. The highest BCUT2D eigenvalue weighted by Crippen LogP contribution is 2.40. The third-order valence-corrected chi connectivity index (χ3v) is 4.56. The predicted molar refractivity (Wildman–Crippen MR) is 84.6 cm³/mol. The lowest BCUT2D eigenvalue weighted by Gasteiger charge is -2.15. The summed E-state index contributed by atoms with van der Waals surface area (Å²) < 4.78 is 0. The molecule has 0 aliphatic heterocycles. The Balaban J connectivity index is 2.35. The molecule has 1 aliphatic carbocycles. The predicted octanol–water partition coefficient (Wildman–Crippen LogP) is 4.27. The van der Waals surface area contributed by atoms with E-state index in [9.17, 15) is 9.59 Å². The molecule has 1 N–H and O–H groups in total. The smallest absolute Gasteiger partial charge is 0.218 e. The van der Waals surface area contributed by atoms with Crippen LogP contribution in [-0.4, -0.2) is 16.6 Å². The molecule has 2 aromatic rings. The molecule has 106 valence electrons. The first-order chi connectivity index (χ1) is 9.93. The lowest BCUT2D eigenvalue weighted by molar-refractivity contribution is -0.114. The third kappa shape index (κ3) is 2.04. The fourth-order valence-electron chi connectivity index (χ4n) is 2.44. The van der Waals surface area contributed by atoms with E-state index in [0.29, 0.717) is 5.56 Å². The van der Waals surface area contributed by atoms with Crippen LogP contribution < -0.4 is 0 Å². The number of carbonyl (C=O) groups is 2. The number of hydrogen-bond donors (Lipinski definition) is 1. The molecule has 1 aliphatic rings. The van der Waals surface area contributed by atoms with Gasteiger partial charge in [-0.2, -0.15) is 0 Å². The lowest BCUT2D eigenvalue weighted by atomic mass is 9.93. The highest BCUT2D eigenvalue weighted by molar-refractivity contribution is 6.69. The van der Waals surface area contributed by atoms with Gasteiger partial charge in [-0.3, -0.25) is 9.59 Å². The minimum Gasteiger partial charge on any atom is -0.358 e. The molecule has 6 heteroatoms. The highest BCUT2D eigenvalue weighted by Gasteiger charge is 2.34. The average molecular weight is 341 g/mol. The van der Waals surface area contributed by atoms with Gasteiger partial charge in [0, 0.05) is 22.2 Å². The van der Waals surface area contributed by atoms with Crippen LogP contribution in [0.15, 0.2) is 39.4 Å². The van der Waals surface area contributed by atoms with Gasteiger partial charge in [0.15, 0.2) is 0 Å². The van der Waals surface area contributed by atoms with Gasteiger partial charge in [0.25, 0.3) is 0 Å². The number of fused-ring (bicyclic) bond motifs is 1. The van der Waals surface area contributed by atoms with Gasteiger partial charge in [0.05, 0.1) is 5.57 Å². The van der Waals surface area contributed by atoms with Crippen LogP contribution in [0.1, 0.15) is 11.3 Å². The van der Waals surface area contributed by atoms with E-state index in [2.05, 4.69) is 4.98 Å². The van der Waals surface area contributed by atoms with Crippen LogP contribution in [0.25, 0.3) is 16.5 Å². The van der Waals surface area contributed by atoms with Crippen LogP contribution in [0, 0.1) is 6.92 Å². The number of benzene rings is 1. The van der Waals surface area contributed by atoms with Crippen molar-refractivity contribution in [2.45, 2.75) is 6.92 Å². The first kappa shape index (κ1) is 14.4. The molecule has 1 aromatic heterocycles. The van der Waals surface area contributed by atoms with E-state index < -0.39 is 11.6 Å². The van der Waals surface area contributed by atoms with Gasteiger partial charge in [-0.15, -0.1) is 0 Å². The molecule has 0 saturated carbocycles. The fraction of sp³-hybridized carbons (Fsp3) is 0.0667. The summed E-state index contributed by atoms with van der Waals surface area (Å²) in [6, 6.07) is 7.43. The number of hydrogen-bond acceptors (Lipinski definition) is 2. The maximum Gasteiger partial charge on any atom is 0.218 e. The number of halogens is 3. The van der Waals surface area contributed by atoms with Gasteiger partial charge in [-0.05, 0) is 13.0 Å². The monoisotopic (exact) mass is 339 g/mol. The number of aromatic amines is 1. The topological polar surface area (TPSA) is 49.9 Å². The Morgan fingerprint density at radius 2 is 1.52 bits per heavy atom. The van der Waals surface area contributed by atoms with Crippen LogP contribution in [0.2, 0.25) is 0 Å². The number of aromatic nitrogens is 1. The first-order valence-electron chi connectivity index (χ1n) is 6.05. The van der Waals surface area contributed by atoms with E-state index in [0.717, 1.165) is 16.6 Å². The number of aryl methyl sites for hydroxylation is 1. The van der Waals surface area contributed by atoms with Crippen molar-refractivity contribution in [3.8, 4) is 0 Å². The summed E-state index contributed by atoms with van der Waals surface area (Å²) in [6.07, 6.45) is 0. The molecular weight excluding hydrogens is 333 g/mol. The molecule has 0 atom stereocenters. The second kappa shape index (κ2) is 5.02. The molecule has 3 nitrogen and oxygen atoms in total. The van der Waals surface area contributed by atoms with Gasteiger partial charge in [0.1, 0.15) is 15.1 Å². The number of Topliss-reactive ketones (excluding diaryl/α,β-unsaturated/α-hetero) is 2. The Kier molecular flexibility index (Phi) is 3.44. The Bertz CT molecular complexity index is 874. The van der Waals surface area contributed by atoms with E-state index >= 15 is 0 Å². The van der Waals surface area contributed by atoms with Crippen molar-refractivity contribution in [3.63, 3.8) is 0 Å². The Morgan fingerprint density at radius 3 is 2.24 bits per heavy atom. The Morgan fingerprint density at radius 1 is 0.905 bits per heavy atom. The number of rotatable bonds is 1. The van der Waals surface area contributed by atoms with Gasteiger partial charge in [-0.1, -0.05) is 53.0 Å². The largest absolute Gasteiger partial charge is 0.358 e. The molecule has 3 rings (SSSR count). The van der Waals surface area contributed by atoms with Crippen molar-refractivity contribution in [2.24, 2.45) is 0 Å².